The van der Waals surface area contributed by atoms with E-state index in [1.54, 1.807) is 12.3 Å². The molecule has 44 heavy (non-hydrogen) atoms. The average molecular weight is 593 g/mol. The number of carbonyl (C=O) groups excluding carboxylic acids is 1. The van der Waals surface area contributed by atoms with E-state index in [1.807, 2.05) is 61.9 Å². The number of aliphatic hydroxyl groups is 1. The molecular weight excluding hydrogens is 560 g/mol. The third-order valence-corrected chi connectivity index (χ3v) is 7.33. The van der Waals surface area contributed by atoms with Crippen LogP contribution in [0.1, 0.15) is 40.3 Å². The van der Waals surface area contributed by atoms with Crippen LogP contribution in [-0.2, 0) is 0 Å². The second kappa shape index (κ2) is 11.6. The number of ether oxygens (including phenoxy) is 1. The second-order valence-electron chi connectivity index (χ2n) is 10.5. The van der Waals surface area contributed by atoms with Crippen LogP contribution in [0.2, 0.25) is 0 Å². The van der Waals surface area contributed by atoms with Crippen molar-refractivity contribution >= 4 is 34.0 Å². The Labute approximate surface area is 252 Å². The molecule has 0 fully saturated rings. The number of nitrogens with two attached hydrogens (primary N) is 1. The van der Waals surface area contributed by atoms with Gasteiger partial charge in [0, 0.05) is 47.4 Å². The number of nitrogens with zero attached hydrogens (tertiary/aromatic N) is 6. The van der Waals surface area contributed by atoms with Crippen LogP contribution >= 0.6 is 0 Å². The summed E-state index contributed by atoms with van der Waals surface area (Å²) >= 11 is 0. The van der Waals surface area contributed by atoms with Crippen LogP contribution < -0.4 is 21.1 Å². The Morgan fingerprint density at radius 1 is 1.16 bits per heavy atom. The second-order valence-corrected chi connectivity index (χ2v) is 10.5. The molecule has 0 radical (unpaired) electrons. The first-order valence-electron chi connectivity index (χ1n) is 14.0. The van der Waals surface area contributed by atoms with Crippen molar-refractivity contribution in [1.82, 2.24) is 39.9 Å². The van der Waals surface area contributed by atoms with Crippen molar-refractivity contribution in [1.29, 1.82) is 0 Å². The molecule has 6 N–H and O–H groups in total. The molecule has 6 aromatic rings. The number of nitrogen functional groups attached to an aromatic ring is 1. The van der Waals surface area contributed by atoms with Gasteiger partial charge in [-0.2, -0.15) is 5.10 Å². The molecule has 224 valence electrons. The van der Waals surface area contributed by atoms with Crippen molar-refractivity contribution in [2.45, 2.75) is 26.8 Å². The van der Waals surface area contributed by atoms with Crippen molar-refractivity contribution in [2.24, 2.45) is 0 Å². The molecule has 1 aromatic carbocycles. The monoisotopic (exact) mass is 592 g/mol. The van der Waals surface area contributed by atoms with Crippen LogP contribution in [0.3, 0.4) is 0 Å². The van der Waals surface area contributed by atoms with E-state index in [2.05, 4.69) is 30.6 Å². The van der Waals surface area contributed by atoms with Gasteiger partial charge in [0.25, 0.3) is 5.91 Å². The summed E-state index contributed by atoms with van der Waals surface area (Å²) < 4.78 is 7.03. The number of anilines is 2. The lowest BCUT2D eigenvalue weighted by atomic mass is 10.0. The summed E-state index contributed by atoms with van der Waals surface area (Å²) in [6.45, 7) is 5.93. The Bertz CT molecular complexity index is 2020. The highest BCUT2D eigenvalue weighted by atomic mass is 16.5. The fourth-order valence-corrected chi connectivity index (χ4v) is 5.26. The molecule has 0 aliphatic heterocycles. The van der Waals surface area contributed by atoms with Gasteiger partial charge >= 0.3 is 0 Å². The third kappa shape index (κ3) is 5.24. The zero-order chi connectivity index (χ0) is 31.0. The Hall–Kier alpha value is -5.56. The minimum atomic E-state index is -0.377. The maximum Gasteiger partial charge on any atom is 0.251 e. The van der Waals surface area contributed by atoms with Gasteiger partial charge < -0.3 is 31.2 Å². The predicted molar refractivity (Wildman–Crippen MR) is 167 cm³/mol. The molecule has 5 aromatic heterocycles. The number of fused-ring (bicyclic) bond motifs is 2. The van der Waals surface area contributed by atoms with E-state index in [9.17, 15) is 4.79 Å². The minimum Gasteiger partial charge on any atom is -0.480 e. The van der Waals surface area contributed by atoms with E-state index in [1.165, 1.54) is 13.4 Å². The van der Waals surface area contributed by atoms with E-state index in [0.717, 1.165) is 38.7 Å². The van der Waals surface area contributed by atoms with E-state index in [4.69, 9.17) is 25.7 Å². The summed E-state index contributed by atoms with van der Waals surface area (Å²) in [7, 11) is 1.52. The quantitative estimate of drug-likeness (QED) is 0.165. The molecule has 0 unspecified atom stereocenters. The topological polar surface area (TPSA) is 181 Å². The van der Waals surface area contributed by atoms with Crippen LogP contribution in [0.25, 0.3) is 38.9 Å². The van der Waals surface area contributed by atoms with E-state index in [-0.39, 0.29) is 25.1 Å². The highest BCUT2D eigenvalue weighted by molar-refractivity contribution is 6.01. The Balaban J connectivity index is 1.41. The number of rotatable bonds is 9. The highest BCUT2D eigenvalue weighted by Crippen LogP contribution is 2.35. The van der Waals surface area contributed by atoms with Gasteiger partial charge in [-0.25, -0.2) is 24.5 Å². The summed E-state index contributed by atoms with van der Waals surface area (Å²) in [6, 6.07) is 9.02. The fourth-order valence-electron chi connectivity index (χ4n) is 5.26. The molecule has 0 saturated heterocycles. The predicted octanol–water partition coefficient (Wildman–Crippen LogP) is 3.83. The van der Waals surface area contributed by atoms with Crippen LogP contribution in [0, 0.1) is 13.8 Å². The van der Waals surface area contributed by atoms with Crippen molar-refractivity contribution in [3.8, 4) is 28.3 Å². The SMILES string of the molecule is COc1ncc(-c2c[nH]c3ncnc(N[C@@H](C)c4nc(-c5cc(C)cc(C(=O)NCCO)c5)c5c(C)ccn5n4)c23)cc1N. The molecule has 13 nitrogen and oxygen atoms in total. The first-order valence-corrected chi connectivity index (χ1v) is 14.0. The van der Waals surface area contributed by atoms with Gasteiger partial charge in [-0.15, -0.1) is 0 Å². The van der Waals surface area contributed by atoms with Crippen LogP contribution in [-0.4, -0.2) is 65.8 Å². The summed E-state index contributed by atoms with van der Waals surface area (Å²) in [5, 5.41) is 20.9. The molecular formula is C31H32N10O3. The lowest BCUT2D eigenvalue weighted by Gasteiger charge is -2.17. The molecule has 0 aliphatic carbocycles. The summed E-state index contributed by atoms with van der Waals surface area (Å²) in [5.74, 6) is 1.20. The zero-order valence-electron chi connectivity index (χ0n) is 24.7. The van der Waals surface area contributed by atoms with E-state index < -0.39 is 0 Å². The summed E-state index contributed by atoms with van der Waals surface area (Å²) in [5.41, 5.74) is 13.5. The first-order chi connectivity index (χ1) is 21.3. The molecule has 0 bridgehead atoms. The molecule has 6 rings (SSSR count). The molecule has 1 atom stereocenters. The van der Waals surface area contributed by atoms with Crippen LogP contribution in [0.5, 0.6) is 5.88 Å². The molecule has 1 amide bonds. The molecule has 0 spiro atoms. The molecule has 0 aliphatic rings. The Morgan fingerprint density at radius 2 is 2.00 bits per heavy atom. The molecule has 13 heteroatoms. The number of carbonyl (C=O) groups is 1. The van der Waals surface area contributed by atoms with Crippen molar-refractivity contribution in [2.75, 3.05) is 31.3 Å². The molecule has 0 saturated carbocycles. The van der Waals surface area contributed by atoms with Gasteiger partial charge in [0.15, 0.2) is 5.82 Å². The van der Waals surface area contributed by atoms with Crippen molar-refractivity contribution < 1.29 is 14.6 Å². The number of benzene rings is 1. The Morgan fingerprint density at radius 3 is 2.77 bits per heavy atom. The number of hydrogen-bond donors (Lipinski definition) is 5. The van der Waals surface area contributed by atoms with Gasteiger partial charge in [0.05, 0.1) is 42.0 Å². The van der Waals surface area contributed by atoms with Crippen molar-refractivity contribution in [3.63, 3.8) is 0 Å². The number of nitrogens with one attached hydrogen (secondary N) is 3. The van der Waals surface area contributed by atoms with Gasteiger partial charge in [-0.1, -0.05) is 0 Å². The maximum atomic E-state index is 12.8. The highest BCUT2D eigenvalue weighted by Gasteiger charge is 2.21. The Kier molecular flexibility index (Phi) is 7.53. The van der Waals surface area contributed by atoms with Gasteiger partial charge in [-0.3, -0.25) is 4.79 Å². The normalized spacial score (nSPS) is 12.0. The van der Waals surface area contributed by atoms with Gasteiger partial charge in [-0.05, 0) is 62.2 Å². The lowest BCUT2D eigenvalue weighted by molar-refractivity contribution is 0.0944. The number of hydrogen-bond acceptors (Lipinski definition) is 10. The number of methoxy groups -OCH3 is 1. The largest absolute Gasteiger partial charge is 0.480 e. The zero-order valence-corrected chi connectivity index (χ0v) is 24.7. The van der Waals surface area contributed by atoms with Crippen LogP contribution in [0.15, 0.2) is 55.2 Å². The number of H-pyrrole nitrogens is 1. The number of amides is 1. The van der Waals surface area contributed by atoms with E-state index >= 15 is 0 Å². The number of aromatic amines is 1. The lowest BCUT2D eigenvalue weighted by Crippen LogP contribution is -2.26. The van der Waals surface area contributed by atoms with Crippen molar-refractivity contribution in [3.05, 3.63) is 77.8 Å². The number of aliphatic hydroxyl groups excluding tert-OH is 1. The van der Waals surface area contributed by atoms with Gasteiger partial charge in [0.2, 0.25) is 5.88 Å². The summed E-state index contributed by atoms with van der Waals surface area (Å²) in [6.07, 6.45) is 6.91. The maximum absolute atomic E-state index is 12.8. The third-order valence-electron chi connectivity index (χ3n) is 7.33. The number of aryl methyl sites for hydroxylation is 2. The van der Waals surface area contributed by atoms with E-state index in [0.29, 0.717) is 40.1 Å². The standard InChI is InChI=1S/C31H32N10O3/c1-16-9-19(11-20(10-16)30(43)33-6-8-42)25-26-17(2)5-7-41(26)40-27(39-25)18(3)38-29-24-22(14-34-28(24)36-15-37-29)21-12-23(32)31(44-4)35-13-21/h5,7,9-15,18,42H,6,8,32H2,1-4H3,(H,33,43)(H2,34,36,37,38)/t18-/m0/s1. The average Bonchev–Trinajstić information content (AvgIpc) is 3.63. The molecule has 5 heterocycles. The van der Waals surface area contributed by atoms with Gasteiger partial charge in [0.1, 0.15) is 17.8 Å². The number of pyridine rings is 1. The summed E-state index contributed by atoms with van der Waals surface area (Å²) in [4.78, 5) is 34.3. The smallest absolute Gasteiger partial charge is 0.251 e. The van der Waals surface area contributed by atoms with Crippen LogP contribution in [0.4, 0.5) is 11.5 Å². The fraction of sp³-hybridized carbons (Fsp3) is 0.226. The first kappa shape index (κ1) is 28.6. The minimum absolute atomic E-state index is 0.136. The number of aromatic nitrogens is 7.